The quantitative estimate of drug-likeness (QED) is 0.644. The summed E-state index contributed by atoms with van der Waals surface area (Å²) in [6, 6.07) is 0. The molecular formula is C8H14ClNO2. The standard InChI is InChI=1S/C8H13NO2.ClH/c1-2-11-8(10)7-5-3-9-4-6(5)7;/h5-7,9H,2-4H2,1H3;1H/t5-,6-;/m1./s1. The summed E-state index contributed by atoms with van der Waals surface area (Å²) in [4.78, 5) is 11.2. The number of esters is 1. The fourth-order valence-corrected chi connectivity index (χ4v) is 2.01. The topological polar surface area (TPSA) is 38.3 Å². The van der Waals surface area contributed by atoms with E-state index in [1.807, 2.05) is 6.92 Å². The van der Waals surface area contributed by atoms with Gasteiger partial charge in [0.1, 0.15) is 0 Å². The van der Waals surface area contributed by atoms with E-state index in [4.69, 9.17) is 4.74 Å². The molecule has 0 aromatic carbocycles. The van der Waals surface area contributed by atoms with E-state index in [1.54, 1.807) is 0 Å². The van der Waals surface area contributed by atoms with Crippen LogP contribution in [0.2, 0.25) is 0 Å². The zero-order chi connectivity index (χ0) is 7.84. The molecule has 70 valence electrons. The predicted molar refractivity (Wildman–Crippen MR) is 47.2 cm³/mol. The van der Waals surface area contributed by atoms with Crippen LogP contribution in [0.15, 0.2) is 0 Å². The Labute approximate surface area is 78.3 Å². The lowest BCUT2D eigenvalue weighted by Gasteiger charge is -2.03. The van der Waals surface area contributed by atoms with Gasteiger partial charge in [-0.3, -0.25) is 4.79 Å². The van der Waals surface area contributed by atoms with Gasteiger partial charge in [0.15, 0.2) is 0 Å². The molecule has 0 amide bonds. The Morgan fingerprint density at radius 1 is 1.50 bits per heavy atom. The predicted octanol–water partition coefficient (Wildman–Crippen LogP) is 0.437. The molecule has 1 saturated carbocycles. The highest BCUT2D eigenvalue weighted by atomic mass is 35.5. The molecule has 0 aromatic heterocycles. The van der Waals surface area contributed by atoms with Crippen molar-refractivity contribution >= 4 is 18.4 Å². The van der Waals surface area contributed by atoms with Crippen LogP contribution in [0, 0.1) is 17.8 Å². The number of carbonyl (C=O) groups excluding carboxylic acids is 1. The summed E-state index contributed by atoms with van der Waals surface area (Å²) in [5.41, 5.74) is 0. The van der Waals surface area contributed by atoms with E-state index in [-0.39, 0.29) is 24.3 Å². The maximum atomic E-state index is 11.2. The van der Waals surface area contributed by atoms with Crippen LogP contribution in [-0.2, 0) is 9.53 Å². The van der Waals surface area contributed by atoms with Crippen molar-refractivity contribution in [3.8, 4) is 0 Å². The summed E-state index contributed by atoms with van der Waals surface area (Å²) in [5, 5.41) is 3.24. The molecule has 0 unspecified atom stereocenters. The van der Waals surface area contributed by atoms with Gasteiger partial charge in [0.25, 0.3) is 0 Å². The molecule has 1 heterocycles. The zero-order valence-electron chi connectivity index (χ0n) is 7.08. The lowest BCUT2D eigenvalue weighted by Crippen LogP contribution is -2.20. The third-order valence-electron chi connectivity index (χ3n) is 2.65. The first kappa shape index (κ1) is 9.81. The van der Waals surface area contributed by atoms with Gasteiger partial charge in [-0.05, 0) is 31.8 Å². The molecule has 0 aromatic rings. The maximum Gasteiger partial charge on any atom is 0.309 e. The lowest BCUT2D eigenvalue weighted by molar-refractivity contribution is -0.145. The average Bonchev–Trinajstić information content (AvgIpc) is 2.47. The second-order valence-corrected chi connectivity index (χ2v) is 3.26. The number of rotatable bonds is 2. The van der Waals surface area contributed by atoms with Crippen LogP contribution < -0.4 is 5.32 Å². The highest BCUT2D eigenvalue weighted by Crippen LogP contribution is 2.49. The van der Waals surface area contributed by atoms with E-state index in [0.717, 1.165) is 13.1 Å². The summed E-state index contributed by atoms with van der Waals surface area (Å²) in [5.74, 6) is 1.43. The molecule has 0 spiro atoms. The molecular weight excluding hydrogens is 178 g/mol. The van der Waals surface area contributed by atoms with Crippen molar-refractivity contribution in [3.63, 3.8) is 0 Å². The molecule has 0 radical (unpaired) electrons. The summed E-state index contributed by atoms with van der Waals surface area (Å²) in [6.07, 6.45) is 0. The van der Waals surface area contributed by atoms with Gasteiger partial charge in [0, 0.05) is 0 Å². The van der Waals surface area contributed by atoms with Crippen molar-refractivity contribution in [2.24, 2.45) is 17.8 Å². The molecule has 3 nitrogen and oxygen atoms in total. The van der Waals surface area contributed by atoms with Crippen LogP contribution in [0.25, 0.3) is 0 Å². The number of hydrogen-bond acceptors (Lipinski definition) is 3. The Balaban J connectivity index is 0.000000720. The van der Waals surface area contributed by atoms with E-state index >= 15 is 0 Å². The summed E-state index contributed by atoms with van der Waals surface area (Å²) >= 11 is 0. The van der Waals surface area contributed by atoms with Crippen LogP contribution in [-0.4, -0.2) is 25.7 Å². The van der Waals surface area contributed by atoms with Crippen molar-refractivity contribution in [1.82, 2.24) is 5.32 Å². The first-order chi connectivity index (χ1) is 5.34. The second kappa shape index (κ2) is 3.62. The van der Waals surface area contributed by atoms with Gasteiger partial charge in [0.2, 0.25) is 0 Å². The zero-order valence-corrected chi connectivity index (χ0v) is 7.89. The molecule has 4 heteroatoms. The first-order valence-electron chi connectivity index (χ1n) is 4.22. The Morgan fingerprint density at radius 3 is 2.58 bits per heavy atom. The van der Waals surface area contributed by atoms with E-state index in [9.17, 15) is 4.79 Å². The summed E-state index contributed by atoms with van der Waals surface area (Å²) < 4.78 is 4.94. The van der Waals surface area contributed by atoms with Gasteiger partial charge >= 0.3 is 5.97 Å². The SMILES string of the molecule is CCOC(=O)C1[C@@H]2CNC[C@@H]12.Cl. The maximum absolute atomic E-state index is 11.2. The number of halogens is 1. The van der Waals surface area contributed by atoms with Crippen LogP contribution >= 0.6 is 12.4 Å². The molecule has 1 aliphatic carbocycles. The molecule has 2 atom stereocenters. The number of nitrogens with one attached hydrogen (secondary N) is 1. The van der Waals surface area contributed by atoms with Gasteiger partial charge in [-0.25, -0.2) is 0 Å². The number of ether oxygens (including phenoxy) is 1. The monoisotopic (exact) mass is 191 g/mol. The van der Waals surface area contributed by atoms with E-state index in [0.29, 0.717) is 18.4 Å². The molecule has 1 aliphatic heterocycles. The van der Waals surface area contributed by atoms with Crippen LogP contribution in [0.3, 0.4) is 0 Å². The fraction of sp³-hybridized carbons (Fsp3) is 0.875. The Hall–Kier alpha value is -0.280. The first-order valence-corrected chi connectivity index (χ1v) is 4.22. The normalized spacial score (nSPS) is 36.6. The highest BCUT2D eigenvalue weighted by molar-refractivity contribution is 5.85. The minimum atomic E-state index is 0. The number of fused-ring (bicyclic) bond motifs is 1. The van der Waals surface area contributed by atoms with E-state index in [2.05, 4.69) is 5.32 Å². The minimum absolute atomic E-state index is 0. The molecule has 1 saturated heterocycles. The van der Waals surface area contributed by atoms with Crippen molar-refractivity contribution in [2.45, 2.75) is 6.92 Å². The minimum Gasteiger partial charge on any atom is -0.466 e. The van der Waals surface area contributed by atoms with Crippen LogP contribution in [0.1, 0.15) is 6.92 Å². The van der Waals surface area contributed by atoms with Crippen LogP contribution in [0.5, 0.6) is 0 Å². The number of piperidine rings is 1. The third-order valence-corrected chi connectivity index (χ3v) is 2.65. The molecule has 2 aliphatic rings. The van der Waals surface area contributed by atoms with Gasteiger partial charge in [-0.15, -0.1) is 12.4 Å². The van der Waals surface area contributed by atoms with Crippen LogP contribution in [0.4, 0.5) is 0 Å². The largest absolute Gasteiger partial charge is 0.466 e. The summed E-state index contributed by atoms with van der Waals surface area (Å²) in [7, 11) is 0. The van der Waals surface area contributed by atoms with Gasteiger partial charge < -0.3 is 10.1 Å². The molecule has 2 fully saturated rings. The Bertz CT molecular complexity index is 176. The molecule has 0 bridgehead atoms. The van der Waals surface area contributed by atoms with Gasteiger partial charge in [-0.1, -0.05) is 0 Å². The second-order valence-electron chi connectivity index (χ2n) is 3.26. The average molecular weight is 192 g/mol. The molecule has 2 rings (SSSR count). The van der Waals surface area contributed by atoms with Crippen molar-refractivity contribution < 1.29 is 9.53 Å². The highest BCUT2D eigenvalue weighted by Gasteiger charge is 2.57. The van der Waals surface area contributed by atoms with Crippen molar-refractivity contribution in [3.05, 3.63) is 0 Å². The smallest absolute Gasteiger partial charge is 0.309 e. The van der Waals surface area contributed by atoms with Gasteiger partial charge in [-0.2, -0.15) is 0 Å². The number of carbonyl (C=O) groups is 1. The van der Waals surface area contributed by atoms with Gasteiger partial charge in [0.05, 0.1) is 12.5 Å². The lowest BCUT2D eigenvalue weighted by atomic mass is 10.3. The summed E-state index contributed by atoms with van der Waals surface area (Å²) in [6.45, 7) is 4.39. The molecule has 12 heavy (non-hydrogen) atoms. The number of hydrogen-bond donors (Lipinski definition) is 1. The fourth-order valence-electron chi connectivity index (χ4n) is 2.01. The Kier molecular flexibility index (Phi) is 2.96. The van der Waals surface area contributed by atoms with E-state index in [1.165, 1.54) is 0 Å². The third kappa shape index (κ3) is 1.43. The van der Waals surface area contributed by atoms with E-state index < -0.39 is 0 Å². The Morgan fingerprint density at radius 2 is 2.08 bits per heavy atom. The van der Waals surface area contributed by atoms with Crippen molar-refractivity contribution in [2.75, 3.05) is 19.7 Å². The molecule has 1 N–H and O–H groups in total. The van der Waals surface area contributed by atoms with Crippen molar-refractivity contribution in [1.29, 1.82) is 0 Å².